The molecule has 1 aromatic heterocycles. The Morgan fingerprint density at radius 3 is 2.44 bits per heavy atom. The Hall–Kier alpha value is -1.22. The Bertz CT molecular complexity index is 528. The summed E-state index contributed by atoms with van der Waals surface area (Å²) in [6, 6.07) is 4.43. The lowest BCUT2D eigenvalue weighted by Gasteiger charge is -2.08. The molecule has 0 atom stereocenters. The normalized spacial score (nSPS) is 10.8. The first-order valence-corrected chi connectivity index (χ1v) is 6.11. The van der Waals surface area contributed by atoms with E-state index in [1.165, 1.54) is 26.2 Å². The zero-order valence-corrected chi connectivity index (χ0v) is 11.2. The smallest absolute Gasteiger partial charge is 0.126 e. The van der Waals surface area contributed by atoms with Crippen molar-refractivity contribution in [2.45, 2.75) is 13.8 Å². The van der Waals surface area contributed by atoms with Crippen LogP contribution in [0.2, 0.25) is 0 Å². The third-order valence-corrected chi connectivity index (χ3v) is 4.24. The average molecular weight is 235 g/mol. The summed E-state index contributed by atoms with van der Waals surface area (Å²) in [6.45, 7) is 4.22. The molecular formula is C13H17NOS. The lowest BCUT2D eigenvalue weighted by molar-refractivity contribution is 0.409. The zero-order chi connectivity index (χ0) is 11.9. The minimum absolute atomic E-state index is 1.01. The van der Waals surface area contributed by atoms with Crippen LogP contribution < -0.4 is 9.64 Å². The van der Waals surface area contributed by atoms with Crippen LogP contribution in [0.1, 0.15) is 11.1 Å². The summed E-state index contributed by atoms with van der Waals surface area (Å²) in [4.78, 5) is 2.14. The SMILES string of the molecule is COc1c(C)cc2cc(N(C)C)sc2c1C. The van der Waals surface area contributed by atoms with Crippen molar-refractivity contribution in [1.82, 2.24) is 0 Å². The highest BCUT2D eigenvalue weighted by molar-refractivity contribution is 7.23. The van der Waals surface area contributed by atoms with E-state index in [0.29, 0.717) is 0 Å². The van der Waals surface area contributed by atoms with Crippen molar-refractivity contribution in [3.8, 4) is 5.75 Å². The van der Waals surface area contributed by atoms with E-state index in [1.54, 1.807) is 7.11 Å². The molecular weight excluding hydrogens is 218 g/mol. The first-order valence-electron chi connectivity index (χ1n) is 5.29. The van der Waals surface area contributed by atoms with Gasteiger partial charge < -0.3 is 9.64 Å². The molecule has 0 bridgehead atoms. The first-order chi connectivity index (χ1) is 7.54. The van der Waals surface area contributed by atoms with E-state index in [4.69, 9.17) is 4.74 Å². The predicted molar refractivity (Wildman–Crippen MR) is 72.2 cm³/mol. The number of thiophene rings is 1. The van der Waals surface area contributed by atoms with Crippen LogP contribution in [0.5, 0.6) is 5.75 Å². The maximum atomic E-state index is 5.45. The molecule has 2 nitrogen and oxygen atoms in total. The number of nitrogens with zero attached hydrogens (tertiary/aromatic N) is 1. The molecule has 2 aromatic rings. The van der Waals surface area contributed by atoms with Crippen LogP contribution in [-0.2, 0) is 0 Å². The summed E-state index contributed by atoms with van der Waals surface area (Å²) in [5, 5.41) is 2.59. The predicted octanol–water partition coefficient (Wildman–Crippen LogP) is 3.59. The van der Waals surface area contributed by atoms with Gasteiger partial charge in [-0.05, 0) is 36.9 Å². The van der Waals surface area contributed by atoms with Gasteiger partial charge in [-0.15, -0.1) is 11.3 Å². The van der Waals surface area contributed by atoms with Gasteiger partial charge in [0.2, 0.25) is 0 Å². The molecule has 0 spiro atoms. The van der Waals surface area contributed by atoms with Gasteiger partial charge in [0.15, 0.2) is 0 Å². The van der Waals surface area contributed by atoms with Crippen LogP contribution in [0.15, 0.2) is 12.1 Å². The number of methoxy groups -OCH3 is 1. The number of anilines is 1. The van der Waals surface area contributed by atoms with E-state index in [1.807, 2.05) is 11.3 Å². The topological polar surface area (TPSA) is 12.5 Å². The monoisotopic (exact) mass is 235 g/mol. The minimum atomic E-state index is 1.01. The largest absolute Gasteiger partial charge is 0.496 e. The van der Waals surface area contributed by atoms with Gasteiger partial charge in [0.1, 0.15) is 5.75 Å². The van der Waals surface area contributed by atoms with Crippen molar-refractivity contribution < 1.29 is 4.74 Å². The van der Waals surface area contributed by atoms with Gasteiger partial charge in [-0.3, -0.25) is 0 Å². The number of hydrogen-bond donors (Lipinski definition) is 0. The van der Waals surface area contributed by atoms with Crippen LogP contribution in [0, 0.1) is 13.8 Å². The second-order valence-corrected chi connectivity index (χ2v) is 5.28. The number of ether oxygens (including phenoxy) is 1. The average Bonchev–Trinajstić information content (AvgIpc) is 2.62. The minimum Gasteiger partial charge on any atom is -0.496 e. The highest BCUT2D eigenvalue weighted by Crippen LogP contribution is 2.39. The summed E-state index contributed by atoms with van der Waals surface area (Å²) in [7, 11) is 5.88. The number of benzene rings is 1. The number of rotatable bonds is 2. The molecule has 3 heteroatoms. The molecule has 0 saturated heterocycles. The van der Waals surface area contributed by atoms with E-state index < -0.39 is 0 Å². The highest BCUT2D eigenvalue weighted by Gasteiger charge is 2.11. The van der Waals surface area contributed by atoms with Crippen molar-refractivity contribution >= 4 is 26.4 Å². The Labute approximate surface area is 100 Å². The third kappa shape index (κ3) is 1.65. The second-order valence-electron chi connectivity index (χ2n) is 4.25. The highest BCUT2D eigenvalue weighted by atomic mass is 32.1. The number of hydrogen-bond acceptors (Lipinski definition) is 3. The standard InChI is InChI=1S/C13H17NOS/c1-8-6-10-7-11(14(3)4)16-13(10)9(2)12(8)15-5/h6-7H,1-5H3. The van der Waals surface area contributed by atoms with Crippen LogP contribution >= 0.6 is 11.3 Å². The second kappa shape index (κ2) is 3.98. The molecule has 1 aromatic carbocycles. The summed E-state index contributed by atoms with van der Waals surface area (Å²) >= 11 is 1.82. The molecule has 0 aliphatic heterocycles. The fraction of sp³-hybridized carbons (Fsp3) is 0.385. The Morgan fingerprint density at radius 2 is 1.88 bits per heavy atom. The van der Waals surface area contributed by atoms with Gasteiger partial charge in [0, 0.05) is 24.4 Å². The van der Waals surface area contributed by atoms with Crippen molar-refractivity contribution in [3.05, 3.63) is 23.3 Å². The van der Waals surface area contributed by atoms with Gasteiger partial charge >= 0.3 is 0 Å². The first kappa shape index (κ1) is 11.3. The molecule has 16 heavy (non-hydrogen) atoms. The third-order valence-electron chi connectivity index (χ3n) is 2.80. The fourth-order valence-corrected chi connectivity index (χ4v) is 3.08. The molecule has 0 radical (unpaired) electrons. The maximum Gasteiger partial charge on any atom is 0.126 e. The van der Waals surface area contributed by atoms with E-state index in [2.05, 4.69) is 45.0 Å². The van der Waals surface area contributed by atoms with Gasteiger partial charge in [0.25, 0.3) is 0 Å². The summed E-state index contributed by atoms with van der Waals surface area (Å²) in [5.41, 5.74) is 2.45. The van der Waals surface area contributed by atoms with Crippen LogP contribution in [0.3, 0.4) is 0 Å². The molecule has 0 N–H and O–H groups in total. The number of fused-ring (bicyclic) bond motifs is 1. The lowest BCUT2D eigenvalue weighted by Crippen LogP contribution is -2.05. The van der Waals surface area contributed by atoms with Gasteiger partial charge in [-0.25, -0.2) is 0 Å². The van der Waals surface area contributed by atoms with Crippen LogP contribution in [0.4, 0.5) is 5.00 Å². The van der Waals surface area contributed by atoms with Crippen LogP contribution in [-0.4, -0.2) is 21.2 Å². The summed E-state index contributed by atoms with van der Waals surface area (Å²) in [5.74, 6) is 1.01. The molecule has 0 amide bonds. The van der Waals surface area contributed by atoms with Crippen molar-refractivity contribution in [2.75, 3.05) is 26.1 Å². The maximum absolute atomic E-state index is 5.45. The molecule has 0 unspecified atom stereocenters. The van der Waals surface area contributed by atoms with E-state index >= 15 is 0 Å². The summed E-state index contributed by atoms with van der Waals surface area (Å²) < 4.78 is 6.77. The Morgan fingerprint density at radius 1 is 1.19 bits per heavy atom. The zero-order valence-electron chi connectivity index (χ0n) is 10.4. The van der Waals surface area contributed by atoms with Gasteiger partial charge in [-0.1, -0.05) is 0 Å². The summed E-state index contributed by atoms with van der Waals surface area (Å²) in [6.07, 6.45) is 0. The lowest BCUT2D eigenvalue weighted by atomic mass is 10.1. The Balaban J connectivity index is 2.73. The fourth-order valence-electron chi connectivity index (χ4n) is 2.02. The van der Waals surface area contributed by atoms with Crippen molar-refractivity contribution in [2.24, 2.45) is 0 Å². The van der Waals surface area contributed by atoms with Gasteiger partial charge in [-0.2, -0.15) is 0 Å². The van der Waals surface area contributed by atoms with E-state index in [0.717, 1.165) is 5.75 Å². The van der Waals surface area contributed by atoms with E-state index in [9.17, 15) is 0 Å². The van der Waals surface area contributed by atoms with Crippen molar-refractivity contribution in [1.29, 1.82) is 0 Å². The quantitative estimate of drug-likeness (QED) is 0.788. The molecule has 0 aliphatic carbocycles. The van der Waals surface area contributed by atoms with E-state index in [-0.39, 0.29) is 0 Å². The molecule has 86 valence electrons. The number of aryl methyl sites for hydroxylation is 2. The molecule has 0 fully saturated rings. The van der Waals surface area contributed by atoms with Crippen LogP contribution in [0.25, 0.3) is 10.1 Å². The molecule has 2 rings (SSSR count). The Kier molecular flexibility index (Phi) is 2.80. The van der Waals surface area contributed by atoms with Crippen molar-refractivity contribution in [3.63, 3.8) is 0 Å². The van der Waals surface area contributed by atoms with Gasteiger partial charge in [0.05, 0.1) is 12.1 Å². The molecule has 1 heterocycles. The molecule has 0 aliphatic rings. The molecule has 0 saturated carbocycles.